The highest BCUT2D eigenvalue weighted by molar-refractivity contribution is 6.32. The Hall–Kier alpha value is -2.52. The smallest absolute Gasteiger partial charge is 0.129 e. The number of halogens is 1. The minimum Gasteiger partial charge on any atom is -0.496 e. The van der Waals surface area contributed by atoms with Crippen molar-refractivity contribution in [2.24, 2.45) is 0 Å². The number of aryl methyl sites for hydroxylation is 4. The lowest BCUT2D eigenvalue weighted by Crippen LogP contribution is -2.02. The zero-order chi connectivity index (χ0) is 21.0. The molecule has 29 heavy (non-hydrogen) atoms. The van der Waals surface area contributed by atoms with Gasteiger partial charge in [0, 0.05) is 28.4 Å². The van der Waals surface area contributed by atoms with Crippen LogP contribution in [-0.4, -0.2) is 12.1 Å². The molecule has 0 radical (unpaired) electrons. The zero-order valence-corrected chi connectivity index (χ0v) is 18.6. The standard InChI is InChI=1S/C25H28ClNO2/c1-6-18-9-8-10-19(7-2)24(18)22-13-23(28-5)20(14-27-22)15-29-21-11-16(3)25(26)17(4)12-21/h8-14H,6-7,15H2,1-5H3. The van der Waals surface area contributed by atoms with Crippen molar-refractivity contribution in [2.45, 2.75) is 47.1 Å². The van der Waals surface area contributed by atoms with E-state index in [1.54, 1.807) is 7.11 Å². The van der Waals surface area contributed by atoms with Crippen molar-refractivity contribution in [1.82, 2.24) is 4.98 Å². The molecule has 0 spiro atoms. The van der Waals surface area contributed by atoms with Gasteiger partial charge in [-0.3, -0.25) is 4.98 Å². The Balaban J connectivity index is 1.91. The molecule has 1 heterocycles. The largest absolute Gasteiger partial charge is 0.496 e. The first-order valence-electron chi connectivity index (χ1n) is 10.0. The van der Waals surface area contributed by atoms with E-state index in [0.29, 0.717) is 6.61 Å². The number of ether oxygens (including phenoxy) is 2. The Morgan fingerprint density at radius 1 is 0.931 bits per heavy atom. The van der Waals surface area contributed by atoms with Gasteiger partial charge in [-0.25, -0.2) is 0 Å². The van der Waals surface area contributed by atoms with Gasteiger partial charge in [0.15, 0.2) is 0 Å². The molecule has 0 amide bonds. The molecule has 3 rings (SSSR count). The summed E-state index contributed by atoms with van der Waals surface area (Å²) < 4.78 is 11.7. The topological polar surface area (TPSA) is 31.4 Å². The van der Waals surface area contributed by atoms with E-state index < -0.39 is 0 Å². The Labute approximate surface area is 178 Å². The maximum Gasteiger partial charge on any atom is 0.129 e. The Morgan fingerprint density at radius 2 is 1.55 bits per heavy atom. The van der Waals surface area contributed by atoms with Gasteiger partial charge in [0.05, 0.1) is 12.8 Å². The summed E-state index contributed by atoms with van der Waals surface area (Å²) >= 11 is 6.25. The molecule has 4 heteroatoms. The second-order valence-electron chi connectivity index (χ2n) is 7.20. The highest BCUT2D eigenvalue weighted by atomic mass is 35.5. The summed E-state index contributed by atoms with van der Waals surface area (Å²) in [5.41, 5.74) is 7.68. The van der Waals surface area contributed by atoms with E-state index >= 15 is 0 Å². The molecule has 0 atom stereocenters. The van der Waals surface area contributed by atoms with Crippen molar-refractivity contribution in [3.05, 3.63) is 75.4 Å². The van der Waals surface area contributed by atoms with Gasteiger partial charge in [0.25, 0.3) is 0 Å². The molecule has 1 aromatic heterocycles. The number of hydrogen-bond acceptors (Lipinski definition) is 3. The maximum absolute atomic E-state index is 6.25. The molecule has 0 N–H and O–H groups in total. The molecule has 0 unspecified atom stereocenters. The van der Waals surface area contributed by atoms with Crippen LogP contribution < -0.4 is 9.47 Å². The van der Waals surface area contributed by atoms with Gasteiger partial charge in [-0.05, 0) is 61.1 Å². The normalized spacial score (nSPS) is 10.8. The Kier molecular flexibility index (Phi) is 6.81. The Morgan fingerprint density at radius 3 is 2.10 bits per heavy atom. The first-order valence-corrected chi connectivity index (χ1v) is 10.4. The van der Waals surface area contributed by atoms with E-state index in [4.69, 9.17) is 26.1 Å². The predicted octanol–water partition coefficient (Wildman–Crippen LogP) is 6.73. The van der Waals surface area contributed by atoms with Crippen LogP contribution in [0, 0.1) is 13.8 Å². The number of hydrogen-bond donors (Lipinski definition) is 0. The van der Waals surface area contributed by atoms with Crippen LogP contribution in [0.5, 0.6) is 11.5 Å². The van der Waals surface area contributed by atoms with Crippen molar-refractivity contribution in [1.29, 1.82) is 0 Å². The molecule has 0 aliphatic heterocycles. The van der Waals surface area contributed by atoms with Crippen molar-refractivity contribution in [3.8, 4) is 22.8 Å². The fourth-order valence-corrected chi connectivity index (χ4v) is 3.73. The second-order valence-corrected chi connectivity index (χ2v) is 7.58. The quantitative estimate of drug-likeness (QED) is 0.433. The number of benzene rings is 2. The lowest BCUT2D eigenvalue weighted by molar-refractivity contribution is 0.296. The summed E-state index contributed by atoms with van der Waals surface area (Å²) in [6.45, 7) is 8.69. The minimum absolute atomic E-state index is 0.382. The van der Waals surface area contributed by atoms with Crippen molar-refractivity contribution in [3.63, 3.8) is 0 Å². The van der Waals surface area contributed by atoms with Crippen molar-refractivity contribution in [2.75, 3.05) is 7.11 Å². The Bertz CT molecular complexity index is 968. The fourth-order valence-electron chi connectivity index (χ4n) is 3.62. The van der Waals surface area contributed by atoms with E-state index in [1.165, 1.54) is 16.7 Å². The number of rotatable bonds is 7. The van der Waals surface area contributed by atoms with Crippen LogP contribution in [0.25, 0.3) is 11.3 Å². The molecular weight excluding hydrogens is 382 g/mol. The first-order chi connectivity index (χ1) is 14.0. The number of nitrogens with zero attached hydrogens (tertiary/aromatic N) is 1. The number of aromatic nitrogens is 1. The highest BCUT2D eigenvalue weighted by Gasteiger charge is 2.14. The van der Waals surface area contributed by atoms with Crippen LogP contribution in [0.3, 0.4) is 0 Å². The second kappa shape index (κ2) is 9.32. The SMILES string of the molecule is CCc1cccc(CC)c1-c1cc(OC)c(COc2cc(C)c(Cl)c(C)c2)cn1. The molecule has 2 aromatic carbocycles. The summed E-state index contributed by atoms with van der Waals surface area (Å²) in [5, 5.41) is 0.780. The molecule has 0 saturated carbocycles. The fraction of sp³-hybridized carbons (Fsp3) is 0.320. The van der Waals surface area contributed by atoms with Crippen LogP contribution in [-0.2, 0) is 19.4 Å². The summed E-state index contributed by atoms with van der Waals surface area (Å²) in [7, 11) is 1.69. The summed E-state index contributed by atoms with van der Waals surface area (Å²) in [5.74, 6) is 1.57. The van der Waals surface area contributed by atoms with Gasteiger partial charge < -0.3 is 9.47 Å². The van der Waals surface area contributed by atoms with E-state index in [0.717, 1.165) is 51.7 Å². The third-order valence-corrected chi connectivity index (χ3v) is 5.82. The lowest BCUT2D eigenvalue weighted by Gasteiger charge is -2.16. The van der Waals surface area contributed by atoms with E-state index in [9.17, 15) is 0 Å². The third-order valence-electron chi connectivity index (χ3n) is 5.22. The molecule has 0 aliphatic rings. The molecule has 0 aliphatic carbocycles. The molecule has 0 fully saturated rings. The molecule has 3 aromatic rings. The van der Waals surface area contributed by atoms with Crippen LogP contribution in [0.1, 0.15) is 41.7 Å². The van der Waals surface area contributed by atoms with Crippen LogP contribution >= 0.6 is 11.6 Å². The van der Waals surface area contributed by atoms with Crippen molar-refractivity contribution >= 4 is 11.6 Å². The van der Waals surface area contributed by atoms with Gasteiger partial charge in [-0.15, -0.1) is 0 Å². The molecule has 0 bridgehead atoms. The molecular formula is C25H28ClNO2. The zero-order valence-electron chi connectivity index (χ0n) is 17.8. The van der Waals surface area contributed by atoms with Crippen LogP contribution in [0.2, 0.25) is 5.02 Å². The summed E-state index contributed by atoms with van der Waals surface area (Å²) in [4.78, 5) is 4.76. The maximum atomic E-state index is 6.25. The first kappa shape index (κ1) is 21.2. The predicted molar refractivity (Wildman–Crippen MR) is 120 cm³/mol. The summed E-state index contributed by atoms with van der Waals surface area (Å²) in [6, 6.07) is 12.4. The lowest BCUT2D eigenvalue weighted by atomic mass is 9.94. The van der Waals surface area contributed by atoms with Gasteiger partial charge in [-0.2, -0.15) is 0 Å². The van der Waals surface area contributed by atoms with Crippen LogP contribution in [0.4, 0.5) is 0 Å². The summed E-state index contributed by atoms with van der Waals surface area (Å²) in [6.07, 6.45) is 3.79. The molecule has 3 nitrogen and oxygen atoms in total. The monoisotopic (exact) mass is 409 g/mol. The van der Waals surface area contributed by atoms with E-state index in [1.807, 2.05) is 38.2 Å². The van der Waals surface area contributed by atoms with Gasteiger partial charge in [0.1, 0.15) is 18.1 Å². The molecule has 0 saturated heterocycles. The van der Waals surface area contributed by atoms with Crippen LogP contribution in [0.15, 0.2) is 42.6 Å². The average molecular weight is 410 g/mol. The van der Waals surface area contributed by atoms with Gasteiger partial charge >= 0.3 is 0 Å². The van der Waals surface area contributed by atoms with E-state index in [-0.39, 0.29) is 0 Å². The van der Waals surface area contributed by atoms with Crippen molar-refractivity contribution < 1.29 is 9.47 Å². The number of methoxy groups -OCH3 is 1. The highest BCUT2D eigenvalue weighted by Crippen LogP contribution is 2.32. The van der Waals surface area contributed by atoms with Gasteiger partial charge in [-0.1, -0.05) is 43.6 Å². The van der Waals surface area contributed by atoms with E-state index in [2.05, 4.69) is 32.0 Å². The van der Waals surface area contributed by atoms with Gasteiger partial charge in [0.2, 0.25) is 0 Å². The molecule has 152 valence electrons. The average Bonchev–Trinajstić information content (AvgIpc) is 2.75. The third kappa shape index (κ3) is 4.56. The minimum atomic E-state index is 0.382. The number of pyridine rings is 1.